The Bertz CT molecular complexity index is 264. The Hall–Kier alpha value is -0.620. The van der Waals surface area contributed by atoms with Crippen LogP contribution in [0, 0.1) is 0 Å². The highest BCUT2D eigenvalue weighted by atomic mass is 35.5. The molecule has 0 aliphatic carbocycles. The minimum absolute atomic E-state index is 0. The Balaban J connectivity index is 0.00000144. The topological polar surface area (TPSA) is 43.8 Å². The molecule has 1 rings (SSSR count). The van der Waals surface area contributed by atoms with Gasteiger partial charge in [0, 0.05) is 6.20 Å². The van der Waals surface area contributed by atoms with Gasteiger partial charge in [-0.25, -0.2) is 0 Å². The standard InChI is InChI=1S/C5H5ClF3N3.ClH/c6-3-1-12(11-4(3)10)2-5(7,8)9;/h1H,2H2,(H2,10,11);1H. The van der Waals surface area contributed by atoms with Gasteiger partial charge in [-0.15, -0.1) is 12.4 Å². The summed E-state index contributed by atoms with van der Waals surface area (Å²) in [5.41, 5.74) is 5.13. The largest absolute Gasteiger partial charge is 0.408 e. The number of nitrogens with zero attached hydrogens (tertiary/aromatic N) is 2. The lowest BCUT2D eigenvalue weighted by Crippen LogP contribution is -2.18. The zero-order valence-electron chi connectivity index (χ0n) is 6.18. The lowest BCUT2D eigenvalue weighted by Gasteiger charge is -2.04. The number of rotatable bonds is 1. The van der Waals surface area contributed by atoms with E-state index in [0.29, 0.717) is 4.68 Å². The molecule has 1 aromatic heterocycles. The fourth-order valence-corrected chi connectivity index (χ4v) is 0.827. The molecule has 13 heavy (non-hydrogen) atoms. The average molecular weight is 236 g/mol. The van der Waals surface area contributed by atoms with Crippen molar-refractivity contribution in [2.45, 2.75) is 12.7 Å². The summed E-state index contributed by atoms with van der Waals surface area (Å²) < 4.78 is 35.9. The predicted octanol–water partition coefficient (Wildman–Crippen LogP) is 2.10. The van der Waals surface area contributed by atoms with E-state index in [1.807, 2.05) is 0 Å². The van der Waals surface area contributed by atoms with Crippen LogP contribution in [0.15, 0.2) is 6.20 Å². The van der Waals surface area contributed by atoms with Crippen LogP contribution in [0.25, 0.3) is 0 Å². The highest BCUT2D eigenvalue weighted by Gasteiger charge is 2.28. The molecule has 1 aromatic rings. The molecule has 0 bridgehead atoms. The Morgan fingerprint density at radius 1 is 1.54 bits per heavy atom. The lowest BCUT2D eigenvalue weighted by molar-refractivity contribution is -0.142. The highest BCUT2D eigenvalue weighted by molar-refractivity contribution is 6.32. The first-order valence-corrected chi connectivity index (χ1v) is 3.31. The molecule has 0 spiro atoms. The molecule has 1 heterocycles. The van der Waals surface area contributed by atoms with Crippen molar-refractivity contribution < 1.29 is 13.2 Å². The summed E-state index contributed by atoms with van der Waals surface area (Å²) >= 11 is 5.38. The molecular formula is C5H6Cl2F3N3. The number of hydrogen-bond donors (Lipinski definition) is 1. The normalized spacial score (nSPS) is 11.1. The van der Waals surface area contributed by atoms with Crippen LogP contribution in [0.3, 0.4) is 0 Å². The van der Waals surface area contributed by atoms with Gasteiger partial charge in [0.15, 0.2) is 5.82 Å². The first kappa shape index (κ1) is 12.4. The molecule has 0 atom stereocenters. The maximum Gasteiger partial charge on any atom is 0.408 e. The summed E-state index contributed by atoms with van der Waals surface area (Å²) in [5, 5.41) is 3.37. The van der Waals surface area contributed by atoms with Gasteiger partial charge in [-0.2, -0.15) is 18.3 Å². The highest BCUT2D eigenvalue weighted by Crippen LogP contribution is 2.20. The molecule has 76 valence electrons. The predicted molar refractivity (Wildman–Crippen MR) is 45.0 cm³/mol. The zero-order chi connectivity index (χ0) is 9.35. The van der Waals surface area contributed by atoms with Crippen molar-refractivity contribution in [3.63, 3.8) is 0 Å². The van der Waals surface area contributed by atoms with Crippen molar-refractivity contribution in [1.82, 2.24) is 9.78 Å². The van der Waals surface area contributed by atoms with Crippen molar-refractivity contribution in [3.05, 3.63) is 11.2 Å². The third-order valence-corrected chi connectivity index (χ3v) is 1.38. The number of nitrogen functional groups attached to an aromatic ring is 1. The summed E-state index contributed by atoms with van der Waals surface area (Å²) in [6.45, 7) is -1.18. The van der Waals surface area contributed by atoms with Crippen molar-refractivity contribution >= 4 is 29.8 Å². The first-order valence-electron chi connectivity index (χ1n) is 2.93. The molecular weight excluding hydrogens is 230 g/mol. The SMILES string of the molecule is Cl.Nc1nn(CC(F)(F)F)cc1Cl. The van der Waals surface area contributed by atoms with Gasteiger partial charge >= 0.3 is 6.18 Å². The molecule has 0 aliphatic rings. The van der Waals surface area contributed by atoms with Crippen molar-refractivity contribution in [1.29, 1.82) is 0 Å². The number of aromatic nitrogens is 2. The van der Waals surface area contributed by atoms with E-state index in [1.165, 1.54) is 0 Å². The van der Waals surface area contributed by atoms with E-state index in [0.717, 1.165) is 6.20 Å². The summed E-state index contributed by atoms with van der Waals surface area (Å²) in [6.07, 6.45) is -3.27. The lowest BCUT2D eigenvalue weighted by atomic mass is 10.6. The average Bonchev–Trinajstić information content (AvgIpc) is 2.07. The van der Waals surface area contributed by atoms with E-state index in [4.69, 9.17) is 17.3 Å². The van der Waals surface area contributed by atoms with Gasteiger partial charge in [-0.1, -0.05) is 11.6 Å². The summed E-state index contributed by atoms with van der Waals surface area (Å²) in [7, 11) is 0. The second-order valence-corrected chi connectivity index (χ2v) is 2.58. The Morgan fingerprint density at radius 3 is 2.38 bits per heavy atom. The number of anilines is 1. The molecule has 0 aliphatic heterocycles. The minimum Gasteiger partial charge on any atom is -0.381 e. The number of alkyl halides is 3. The third-order valence-electron chi connectivity index (χ3n) is 1.08. The van der Waals surface area contributed by atoms with Gasteiger partial charge in [0.05, 0.1) is 0 Å². The van der Waals surface area contributed by atoms with Crippen LogP contribution in [-0.4, -0.2) is 16.0 Å². The molecule has 2 N–H and O–H groups in total. The molecule has 3 nitrogen and oxygen atoms in total. The van der Waals surface area contributed by atoms with Gasteiger partial charge in [-0.05, 0) is 0 Å². The monoisotopic (exact) mass is 235 g/mol. The smallest absolute Gasteiger partial charge is 0.381 e. The number of hydrogen-bond acceptors (Lipinski definition) is 2. The molecule has 8 heteroatoms. The summed E-state index contributed by atoms with van der Waals surface area (Å²) in [6, 6.07) is 0. The van der Waals surface area contributed by atoms with Gasteiger partial charge < -0.3 is 5.73 Å². The van der Waals surface area contributed by atoms with Crippen molar-refractivity contribution in [2.75, 3.05) is 5.73 Å². The maximum atomic E-state index is 11.7. The maximum absolute atomic E-state index is 11.7. The summed E-state index contributed by atoms with van der Waals surface area (Å²) in [5.74, 6) is -0.0964. The van der Waals surface area contributed by atoms with Crippen LogP contribution in [0.4, 0.5) is 19.0 Å². The van der Waals surface area contributed by atoms with Crippen LogP contribution in [0.1, 0.15) is 0 Å². The molecule has 0 saturated heterocycles. The molecule has 0 aromatic carbocycles. The second-order valence-electron chi connectivity index (χ2n) is 2.18. The van der Waals surface area contributed by atoms with E-state index >= 15 is 0 Å². The molecule has 0 fully saturated rings. The van der Waals surface area contributed by atoms with Crippen LogP contribution < -0.4 is 5.73 Å². The van der Waals surface area contributed by atoms with Crippen molar-refractivity contribution in [3.8, 4) is 0 Å². The van der Waals surface area contributed by atoms with Crippen LogP contribution >= 0.6 is 24.0 Å². The summed E-state index contributed by atoms with van der Waals surface area (Å²) in [4.78, 5) is 0. The zero-order valence-corrected chi connectivity index (χ0v) is 7.75. The number of nitrogens with two attached hydrogens (primary N) is 1. The Labute approximate surface area is 83.1 Å². The quantitative estimate of drug-likeness (QED) is 0.811. The molecule has 0 amide bonds. The fraction of sp³-hybridized carbons (Fsp3) is 0.400. The first-order chi connectivity index (χ1) is 5.38. The number of halogens is 5. The van der Waals surface area contributed by atoms with E-state index in [9.17, 15) is 13.2 Å². The second kappa shape index (κ2) is 4.06. The molecule has 0 radical (unpaired) electrons. The minimum atomic E-state index is -4.30. The van der Waals surface area contributed by atoms with Crippen LogP contribution in [0.2, 0.25) is 5.02 Å². The molecule has 0 unspecified atom stereocenters. The van der Waals surface area contributed by atoms with Gasteiger partial charge in [0.2, 0.25) is 0 Å². The Kier molecular flexibility index (Phi) is 3.87. The van der Waals surface area contributed by atoms with Gasteiger partial charge in [-0.3, -0.25) is 4.68 Å². The van der Waals surface area contributed by atoms with Crippen LogP contribution in [0.5, 0.6) is 0 Å². The molecule has 0 saturated carbocycles. The van der Waals surface area contributed by atoms with Crippen molar-refractivity contribution in [2.24, 2.45) is 0 Å². The third kappa shape index (κ3) is 3.73. The van der Waals surface area contributed by atoms with Gasteiger partial charge in [0.1, 0.15) is 11.6 Å². The Morgan fingerprint density at radius 2 is 2.08 bits per heavy atom. The fourth-order valence-electron chi connectivity index (χ4n) is 0.677. The van der Waals surface area contributed by atoms with E-state index in [2.05, 4.69) is 5.10 Å². The van der Waals surface area contributed by atoms with Gasteiger partial charge in [0.25, 0.3) is 0 Å². The van der Waals surface area contributed by atoms with E-state index < -0.39 is 12.7 Å². The van der Waals surface area contributed by atoms with Crippen LogP contribution in [-0.2, 0) is 6.54 Å². The van der Waals surface area contributed by atoms with E-state index in [-0.39, 0.29) is 23.2 Å². The van der Waals surface area contributed by atoms with E-state index in [1.54, 1.807) is 0 Å².